The van der Waals surface area contributed by atoms with Crippen molar-refractivity contribution in [2.75, 3.05) is 6.54 Å². The third-order valence-electron chi connectivity index (χ3n) is 4.33. The molecule has 1 amide bonds. The number of hydrogen-bond acceptors (Lipinski definition) is 3. The summed E-state index contributed by atoms with van der Waals surface area (Å²) in [6, 6.07) is 0. The second kappa shape index (κ2) is 6.17. The molecule has 1 heterocycles. The Morgan fingerprint density at radius 1 is 1.43 bits per heavy atom. The minimum Gasteiger partial charge on any atom is -0.481 e. The lowest BCUT2D eigenvalue weighted by Gasteiger charge is -2.26. The van der Waals surface area contributed by atoms with Gasteiger partial charge >= 0.3 is 5.97 Å². The van der Waals surface area contributed by atoms with E-state index in [1.807, 2.05) is 13.8 Å². The van der Waals surface area contributed by atoms with Crippen molar-refractivity contribution in [2.24, 2.45) is 5.41 Å². The standard InChI is InChI=1S/C14H20BrN3O3/c1-3-14(4-2,13(20)21)7-16-12(19)11-9(15)10(17-18-11)8-5-6-8/h8H,3-7H2,1-2H3,(H,16,19)(H,17,18)(H,20,21). The molecule has 1 fully saturated rings. The van der Waals surface area contributed by atoms with E-state index >= 15 is 0 Å². The van der Waals surface area contributed by atoms with Crippen LogP contribution >= 0.6 is 15.9 Å². The minimum atomic E-state index is -0.919. The first-order chi connectivity index (χ1) is 9.95. The van der Waals surface area contributed by atoms with E-state index in [0.29, 0.717) is 28.9 Å². The molecule has 3 N–H and O–H groups in total. The molecule has 21 heavy (non-hydrogen) atoms. The van der Waals surface area contributed by atoms with Crippen molar-refractivity contribution >= 4 is 27.8 Å². The highest BCUT2D eigenvalue weighted by atomic mass is 79.9. The number of aromatic nitrogens is 2. The first-order valence-corrected chi connectivity index (χ1v) is 7.99. The average Bonchev–Trinajstić information content (AvgIpc) is 3.23. The smallest absolute Gasteiger partial charge is 0.311 e. The number of rotatable bonds is 7. The fraction of sp³-hybridized carbons (Fsp3) is 0.643. The third kappa shape index (κ3) is 3.12. The van der Waals surface area contributed by atoms with E-state index in [4.69, 9.17) is 0 Å². The molecule has 0 unspecified atom stereocenters. The van der Waals surface area contributed by atoms with Crippen LogP contribution in [-0.4, -0.2) is 33.7 Å². The predicted octanol–water partition coefficient (Wildman–Crippen LogP) is 2.67. The van der Waals surface area contributed by atoms with Gasteiger partial charge in [-0.25, -0.2) is 0 Å². The summed E-state index contributed by atoms with van der Waals surface area (Å²) in [4.78, 5) is 23.6. The van der Waals surface area contributed by atoms with Crippen LogP contribution in [0.1, 0.15) is 61.6 Å². The van der Waals surface area contributed by atoms with Gasteiger partial charge in [-0.3, -0.25) is 14.7 Å². The third-order valence-corrected chi connectivity index (χ3v) is 5.13. The second-order valence-electron chi connectivity index (χ2n) is 5.55. The van der Waals surface area contributed by atoms with Gasteiger partial charge in [0.1, 0.15) is 0 Å². The molecule has 0 aromatic carbocycles. The number of carbonyl (C=O) groups excluding carboxylic acids is 1. The number of carboxylic acids is 1. The summed E-state index contributed by atoms with van der Waals surface area (Å²) in [7, 11) is 0. The van der Waals surface area contributed by atoms with E-state index < -0.39 is 11.4 Å². The van der Waals surface area contributed by atoms with Crippen molar-refractivity contribution in [3.05, 3.63) is 15.9 Å². The van der Waals surface area contributed by atoms with Crippen LogP contribution < -0.4 is 5.32 Å². The van der Waals surface area contributed by atoms with Gasteiger partial charge in [-0.15, -0.1) is 0 Å². The molecule has 1 aromatic rings. The van der Waals surface area contributed by atoms with Crippen LogP contribution in [0.15, 0.2) is 4.47 Å². The van der Waals surface area contributed by atoms with Gasteiger partial charge in [0.25, 0.3) is 5.91 Å². The normalized spacial score (nSPS) is 15.0. The van der Waals surface area contributed by atoms with Crippen molar-refractivity contribution in [2.45, 2.75) is 45.4 Å². The van der Waals surface area contributed by atoms with Crippen LogP contribution in [0, 0.1) is 5.41 Å². The summed E-state index contributed by atoms with van der Waals surface area (Å²) in [5.74, 6) is -0.775. The van der Waals surface area contributed by atoms with E-state index in [-0.39, 0.29) is 12.5 Å². The van der Waals surface area contributed by atoms with Gasteiger partial charge in [0, 0.05) is 12.5 Å². The molecule has 0 spiro atoms. The Labute approximate surface area is 131 Å². The summed E-state index contributed by atoms with van der Waals surface area (Å²) in [6.45, 7) is 3.74. The molecule has 0 radical (unpaired) electrons. The Bertz CT molecular complexity index is 548. The predicted molar refractivity (Wildman–Crippen MR) is 81.2 cm³/mol. The molecule has 116 valence electrons. The summed E-state index contributed by atoms with van der Waals surface area (Å²) >= 11 is 3.41. The molecule has 0 bridgehead atoms. The minimum absolute atomic E-state index is 0.103. The lowest BCUT2D eigenvalue weighted by atomic mass is 9.82. The number of aromatic amines is 1. The van der Waals surface area contributed by atoms with E-state index in [0.717, 1.165) is 18.5 Å². The van der Waals surface area contributed by atoms with Gasteiger partial charge in [0.15, 0.2) is 5.69 Å². The summed E-state index contributed by atoms with van der Waals surface area (Å²) in [5, 5.41) is 19.0. The highest BCUT2D eigenvalue weighted by Crippen LogP contribution is 2.42. The van der Waals surface area contributed by atoms with Gasteiger partial charge in [-0.2, -0.15) is 5.10 Å². The van der Waals surface area contributed by atoms with Gasteiger partial charge in [-0.1, -0.05) is 13.8 Å². The maximum Gasteiger partial charge on any atom is 0.311 e. The molecule has 0 aliphatic heterocycles. The first-order valence-electron chi connectivity index (χ1n) is 7.20. The number of carbonyl (C=O) groups is 2. The number of halogens is 1. The number of carboxylic acid groups (broad SMARTS) is 1. The van der Waals surface area contributed by atoms with E-state index in [2.05, 4.69) is 31.4 Å². The zero-order valence-corrected chi connectivity index (χ0v) is 13.8. The van der Waals surface area contributed by atoms with E-state index in [1.165, 1.54) is 0 Å². The second-order valence-corrected chi connectivity index (χ2v) is 6.34. The van der Waals surface area contributed by atoms with Crippen LogP contribution in [0.3, 0.4) is 0 Å². The number of aliphatic carboxylic acids is 1. The maximum atomic E-state index is 12.2. The molecule has 2 rings (SSSR count). The lowest BCUT2D eigenvalue weighted by Crippen LogP contribution is -2.42. The van der Waals surface area contributed by atoms with Crippen molar-refractivity contribution in [1.82, 2.24) is 15.5 Å². The first kappa shape index (κ1) is 16.0. The molecule has 1 saturated carbocycles. The molecular formula is C14H20BrN3O3. The molecule has 0 saturated heterocycles. The average molecular weight is 358 g/mol. The summed E-state index contributed by atoms with van der Waals surface area (Å²) < 4.78 is 0.691. The van der Waals surface area contributed by atoms with Crippen molar-refractivity contribution in [1.29, 1.82) is 0 Å². The molecular weight excluding hydrogens is 338 g/mol. The van der Waals surface area contributed by atoms with Crippen molar-refractivity contribution < 1.29 is 14.7 Å². The Balaban J connectivity index is 2.06. The molecule has 1 aliphatic rings. The van der Waals surface area contributed by atoms with Gasteiger partial charge in [0.2, 0.25) is 0 Å². The van der Waals surface area contributed by atoms with Crippen LogP contribution in [0.25, 0.3) is 0 Å². The lowest BCUT2D eigenvalue weighted by molar-refractivity contribution is -0.149. The number of nitrogens with zero attached hydrogens (tertiary/aromatic N) is 1. The summed E-state index contributed by atoms with van der Waals surface area (Å²) in [6.07, 6.45) is 3.15. The highest BCUT2D eigenvalue weighted by Gasteiger charge is 2.36. The number of nitrogens with one attached hydrogen (secondary N) is 2. The van der Waals surface area contributed by atoms with Crippen LogP contribution in [0.5, 0.6) is 0 Å². The zero-order chi connectivity index (χ0) is 15.6. The van der Waals surface area contributed by atoms with Gasteiger partial charge in [0.05, 0.1) is 15.6 Å². The molecule has 7 heteroatoms. The quantitative estimate of drug-likeness (QED) is 0.698. The topological polar surface area (TPSA) is 95.1 Å². The fourth-order valence-corrected chi connectivity index (χ4v) is 3.03. The molecule has 0 atom stereocenters. The number of amides is 1. The van der Waals surface area contributed by atoms with E-state index in [9.17, 15) is 14.7 Å². The Hall–Kier alpha value is -1.37. The maximum absolute atomic E-state index is 12.2. The van der Waals surface area contributed by atoms with Crippen molar-refractivity contribution in [3.63, 3.8) is 0 Å². The van der Waals surface area contributed by atoms with Gasteiger partial charge < -0.3 is 10.4 Å². The SMILES string of the molecule is CCC(CC)(CNC(=O)c1n[nH]c(C2CC2)c1Br)C(=O)O. The van der Waals surface area contributed by atoms with Crippen LogP contribution in [-0.2, 0) is 4.79 Å². The molecule has 6 nitrogen and oxygen atoms in total. The Morgan fingerprint density at radius 2 is 2.05 bits per heavy atom. The Morgan fingerprint density at radius 3 is 2.52 bits per heavy atom. The highest BCUT2D eigenvalue weighted by molar-refractivity contribution is 9.10. The van der Waals surface area contributed by atoms with Crippen molar-refractivity contribution in [3.8, 4) is 0 Å². The summed E-state index contributed by atoms with van der Waals surface area (Å²) in [5.41, 5.74) is 0.330. The Kier molecular flexibility index (Phi) is 4.70. The zero-order valence-electron chi connectivity index (χ0n) is 12.2. The fourth-order valence-electron chi connectivity index (χ4n) is 2.35. The van der Waals surface area contributed by atoms with Crippen LogP contribution in [0.2, 0.25) is 0 Å². The largest absolute Gasteiger partial charge is 0.481 e. The molecule has 1 aliphatic carbocycles. The number of H-pyrrole nitrogens is 1. The van der Waals surface area contributed by atoms with Gasteiger partial charge in [-0.05, 0) is 41.6 Å². The molecule has 1 aromatic heterocycles. The van der Waals surface area contributed by atoms with E-state index in [1.54, 1.807) is 0 Å². The number of hydrogen-bond donors (Lipinski definition) is 3. The monoisotopic (exact) mass is 357 g/mol. The van der Waals surface area contributed by atoms with Crippen LogP contribution in [0.4, 0.5) is 0 Å².